The summed E-state index contributed by atoms with van der Waals surface area (Å²) >= 11 is 3.38. The summed E-state index contributed by atoms with van der Waals surface area (Å²) in [6, 6.07) is 11.0. The van der Waals surface area contributed by atoms with Crippen molar-refractivity contribution in [1.82, 2.24) is 0 Å². The minimum Gasteiger partial charge on any atom is -0.375 e. The first-order valence-corrected chi connectivity index (χ1v) is 9.02. The van der Waals surface area contributed by atoms with Gasteiger partial charge in [-0.3, -0.25) is 9.59 Å². The summed E-state index contributed by atoms with van der Waals surface area (Å²) in [7, 11) is 0. The summed E-state index contributed by atoms with van der Waals surface area (Å²) in [5.41, 5.74) is 1.66. The molecule has 1 amide bonds. The van der Waals surface area contributed by atoms with Crippen LogP contribution in [0.2, 0.25) is 0 Å². The predicted octanol–water partition coefficient (Wildman–Crippen LogP) is 3.89. The first-order chi connectivity index (χ1) is 11.8. The van der Waals surface area contributed by atoms with Gasteiger partial charge >= 0.3 is 0 Å². The van der Waals surface area contributed by atoms with Crippen LogP contribution in [-0.2, 0) is 10.4 Å². The lowest BCUT2D eigenvalue weighted by Gasteiger charge is -2.22. The van der Waals surface area contributed by atoms with Crippen molar-refractivity contribution in [2.24, 2.45) is 0 Å². The smallest absolute Gasteiger partial charge is 0.264 e. The van der Waals surface area contributed by atoms with Crippen molar-refractivity contribution in [1.29, 1.82) is 0 Å². The van der Waals surface area contributed by atoms with E-state index in [1.165, 1.54) is 4.90 Å². The number of aliphatic hydroxyl groups is 1. The molecule has 5 heteroatoms. The highest BCUT2D eigenvalue weighted by Crippen LogP contribution is 2.44. The summed E-state index contributed by atoms with van der Waals surface area (Å²) in [5, 5.41) is 11.2. The van der Waals surface area contributed by atoms with Gasteiger partial charge in [0, 0.05) is 22.1 Å². The lowest BCUT2D eigenvalue weighted by Crippen LogP contribution is -2.41. The topological polar surface area (TPSA) is 57.6 Å². The number of hydrogen-bond donors (Lipinski definition) is 1. The third-order valence-corrected chi connectivity index (χ3v) is 5.21. The molecule has 1 heterocycles. The maximum atomic E-state index is 12.9. The molecule has 0 saturated carbocycles. The highest BCUT2D eigenvalue weighted by atomic mass is 79.9. The number of halogens is 1. The number of rotatable bonds is 4. The first-order valence-electron chi connectivity index (χ1n) is 8.22. The third-order valence-electron chi connectivity index (χ3n) is 4.72. The molecule has 0 saturated heterocycles. The van der Waals surface area contributed by atoms with Gasteiger partial charge in [0.25, 0.3) is 5.91 Å². The minimum atomic E-state index is -1.83. The molecule has 0 aliphatic carbocycles. The van der Waals surface area contributed by atoms with Crippen LogP contribution >= 0.6 is 15.9 Å². The second-order valence-electron chi connectivity index (χ2n) is 6.49. The number of amides is 1. The Morgan fingerprint density at radius 2 is 1.92 bits per heavy atom. The minimum absolute atomic E-state index is 0.235. The third kappa shape index (κ3) is 2.92. The number of aryl methyl sites for hydroxylation is 2. The summed E-state index contributed by atoms with van der Waals surface area (Å²) < 4.78 is 0.759. The maximum absolute atomic E-state index is 12.9. The summed E-state index contributed by atoms with van der Waals surface area (Å²) in [4.78, 5) is 27.3. The summed E-state index contributed by atoms with van der Waals surface area (Å²) in [6.07, 6.45) is -0.268. The molecule has 1 atom stereocenters. The number of likely N-dealkylation sites (N-methyl/N-ethyl adjacent to an activating group) is 1. The van der Waals surface area contributed by atoms with Crippen molar-refractivity contribution >= 4 is 33.3 Å². The Labute approximate surface area is 155 Å². The van der Waals surface area contributed by atoms with E-state index in [1.807, 2.05) is 39.0 Å². The van der Waals surface area contributed by atoms with E-state index in [4.69, 9.17) is 0 Å². The van der Waals surface area contributed by atoms with Crippen LogP contribution in [-0.4, -0.2) is 23.3 Å². The van der Waals surface area contributed by atoms with E-state index in [2.05, 4.69) is 15.9 Å². The van der Waals surface area contributed by atoms with Gasteiger partial charge in [0.2, 0.25) is 0 Å². The number of benzene rings is 2. The molecule has 4 nitrogen and oxygen atoms in total. The number of carbonyl (C=O) groups is 2. The van der Waals surface area contributed by atoms with Crippen LogP contribution < -0.4 is 4.90 Å². The average molecular weight is 402 g/mol. The maximum Gasteiger partial charge on any atom is 0.264 e. The summed E-state index contributed by atoms with van der Waals surface area (Å²) in [6.45, 7) is 6.06. The molecule has 0 fully saturated rings. The van der Waals surface area contributed by atoms with Gasteiger partial charge in [0.05, 0.1) is 12.1 Å². The number of carbonyl (C=O) groups excluding carboxylic acids is 2. The van der Waals surface area contributed by atoms with Crippen LogP contribution in [0, 0.1) is 13.8 Å². The van der Waals surface area contributed by atoms with E-state index in [-0.39, 0.29) is 12.2 Å². The van der Waals surface area contributed by atoms with Crippen molar-refractivity contribution in [2.75, 3.05) is 11.4 Å². The SMILES string of the molecule is CCN1C(=O)[C@](O)(CC(=O)c2cc(C)ccc2C)c2cc(Br)ccc21. The van der Waals surface area contributed by atoms with Crippen molar-refractivity contribution in [3.63, 3.8) is 0 Å². The van der Waals surface area contributed by atoms with Gasteiger partial charge in [-0.1, -0.05) is 33.6 Å². The van der Waals surface area contributed by atoms with Gasteiger partial charge in [-0.2, -0.15) is 0 Å². The molecule has 25 heavy (non-hydrogen) atoms. The van der Waals surface area contributed by atoms with Gasteiger partial charge in [-0.15, -0.1) is 0 Å². The standard InChI is InChI=1S/C20H20BrNO3/c1-4-22-17-8-7-14(21)10-16(17)20(25,19(22)24)11-18(23)15-9-12(2)5-6-13(15)3/h5-10,25H,4,11H2,1-3H3/t20-/m0/s1. The van der Waals surface area contributed by atoms with E-state index in [1.54, 1.807) is 18.2 Å². The van der Waals surface area contributed by atoms with Crippen LogP contribution in [0.25, 0.3) is 0 Å². The zero-order valence-electron chi connectivity index (χ0n) is 14.5. The van der Waals surface area contributed by atoms with Gasteiger partial charge < -0.3 is 10.0 Å². The predicted molar refractivity (Wildman–Crippen MR) is 101 cm³/mol. The lowest BCUT2D eigenvalue weighted by molar-refractivity contribution is -0.135. The Kier molecular flexibility index (Phi) is 4.56. The van der Waals surface area contributed by atoms with Gasteiger partial charge in [0.1, 0.15) is 0 Å². The Morgan fingerprint density at radius 3 is 2.60 bits per heavy atom. The molecule has 1 N–H and O–H groups in total. The number of fused-ring (bicyclic) bond motifs is 1. The fourth-order valence-corrected chi connectivity index (χ4v) is 3.73. The van der Waals surface area contributed by atoms with E-state index in [9.17, 15) is 14.7 Å². The molecular weight excluding hydrogens is 382 g/mol. The van der Waals surface area contributed by atoms with Gasteiger partial charge in [0.15, 0.2) is 11.4 Å². The second-order valence-corrected chi connectivity index (χ2v) is 7.41. The molecule has 0 unspecified atom stereocenters. The molecule has 0 aromatic heterocycles. The molecular formula is C20H20BrNO3. The number of ketones is 1. The van der Waals surface area contributed by atoms with E-state index in [0.717, 1.165) is 15.6 Å². The van der Waals surface area contributed by atoms with Crippen LogP contribution in [0.4, 0.5) is 5.69 Å². The van der Waals surface area contributed by atoms with Crippen LogP contribution in [0.1, 0.15) is 40.4 Å². The molecule has 3 rings (SSSR count). The molecule has 1 aliphatic rings. The zero-order chi connectivity index (χ0) is 18.4. The molecule has 0 bridgehead atoms. The molecule has 1 aliphatic heterocycles. The normalized spacial score (nSPS) is 19.2. The highest BCUT2D eigenvalue weighted by molar-refractivity contribution is 9.10. The average Bonchev–Trinajstić information content (AvgIpc) is 2.77. The highest BCUT2D eigenvalue weighted by Gasteiger charge is 2.50. The Hall–Kier alpha value is -1.98. The number of Topliss-reactive ketones (excluding diaryl/α,β-unsaturated/α-hetero) is 1. The lowest BCUT2D eigenvalue weighted by atomic mass is 9.87. The summed E-state index contributed by atoms with van der Waals surface area (Å²) in [5.74, 6) is -0.678. The number of anilines is 1. The second kappa shape index (κ2) is 6.39. The van der Waals surface area contributed by atoms with Crippen LogP contribution in [0.5, 0.6) is 0 Å². The van der Waals surface area contributed by atoms with Crippen molar-refractivity contribution in [2.45, 2.75) is 32.8 Å². The fourth-order valence-electron chi connectivity index (χ4n) is 3.37. The quantitative estimate of drug-likeness (QED) is 0.790. The Balaban J connectivity index is 2.04. The molecule has 2 aromatic carbocycles. The molecule has 0 spiro atoms. The zero-order valence-corrected chi connectivity index (χ0v) is 16.1. The number of hydrogen-bond acceptors (Lipinski definition) is 3. The van der Waals surface area contributed by atoms with E-state index >= 15 is 0 Å². The van der Waals surface area contributed by atoms with E-state index in [0.29, 0.717) is 23.4 Å². The van der Waals surface area contributed by atoms with E-state index < -0.39 is 11.5 Å². The Bertz CT molecular complexity index is 877. The van der Waals surface area contributed by atoms with Gasteiger partial charge in [-0.25, -0.2) is 0 Å². The Morgan fingerprint density at radius 1 is 1.20 bits per heavy atom. The van der Waals surface area contributed by atoms with Crippen molar-refractivity contribution in [3.8, 4) is 0 Å². The van der Waals surface area contributed by atoms with Crippen LogP contribution in [0.3, 0.4) is 0 Å². The van der Waals surface area contributed by atoms with Crippen LogP contribution in [0.15, 0.2) is 40.9 Å². The van der Waals surface area contributed by atoms with Crippen molar-refractivity contribution in [3.05, 3.63) is 63.1 Å². The molecule has 2 aromatic rings. The molecule has 0 radical (unpaired) electrons. The van der Waals surface area contributed by atoms with Gasteiger partial charge in [-0.05, 0) is 50.6 Å². The monoisotopic (exact) mass is 401 g/mol. The fraction of sp³-hybridized carbons (Fsp3) is 0.300. The number of nitrogens with zero attached hydrogens (tertiary/aromatic N) is 1. The molecule has 130 valence electrons. The van der Waals surface area contributed by atoms with Crippen molar-refractivity contribution < 1.29 is 14.7 Å². The largest absolute Gasteiger partial charge is 0.375 e. The first kappa shape index (κ1) is 17.8.